The van der Waals surface area contributed by atoms with Gasteiger partial charge in [0.05, 0.1) is 13.5 Å². The van der Waals surface area contributed by atoms with E-state index in [0.29, 0.717) is 5.56 Å². The van der Waals surface area contributed by atoms with E-state index in [1.165, 1.54) is 7.11 Å². The minimum absolute atomic E-state index is 0.132. The van der Waals surface area contributed by atoms with Gasteiger partial charge in [0.1, 0.15) is 0 Å². The van der Waals surface area contributed by atoms with Gasteiger partial charge in [0.2, 0.25) is 5.91 Å². The standard InChI is InChI=1S/C14H17BrN2O4/c1-21-13(19)7-9-16-12(18)6-8-17-14(20)10-2-4-11(15)5-3-10/h2-5H,6-9H2,1H3,(H,16,18)(H,17,20). The molecule has 0 bridgehead atoms. The number of carbonyl (C=O) groups is 3. The highest BCUT2D eigenvalue weighted by Gasteiger charge is 2.07. The van der Waals surface area contributed by atoms with E-state index in [0.717, 1.165) is 4.47 Å². The molecule has 0 aliphatic rings. The predicted molar refractivity (Wildman–Crippen MR) is 80.7 cm³/mol. The van der Waals surface area contributed by atoms with Crippen molar-refractivity contribution in [3.05, 3.63) is 34.3 Å². The summed E-state index contributed by atoms with van der Waals surface area (Å²) >= 11 is 3.29. The molecule has 21 heavy (non-hydrogen) atoms. The van der Waals surface area contributed by atoms with Gasteiger partial charge in [-0.15, -0.1) is 0 Å². The number of benzene rings is 1. The zero-order valence-electron chi connectivity index (χ0n) is 11.6. The fourth-order valence-corrected chi connectivity index (χ4v) is 1.75. The lowest BCUT2D eigenvalue weighted by Gasteiger charge is -2.06. The number of rotatable bonds is 7. The summed E-state index contributed by atoms with van der Waals surface area (Å²) in [7, 11) is 1.29. The monoisotopic (exact) mass is 356 g/mol. The molecule has 7 heteroatoms. The second-order valence-electron chi connectivity index (χ2n) is 4.19. The van der Waals surface area contributed by atoms with Gasteiger partial charge in [-0.2, -0.15) is 0 Å². The van der Waals surface area contributed by atoms with E-state index in [9.17, 15) is 14.4 Å². The molecule has 0 heterocycles. The van der Waals surface area contributed by atoms with Crippen LogP contribution in [-0.2, 0) is 14.3 Å². The topological polar surface area (TPSA) is 84.5 Å². The molecule has 0 atom stereocenters. The molecule has 0 aromatic heterocycles. The van der Waals surface area contributed by atoms with Crippen molar-refractivity contribution in [1.29, 1.82) is 0 Å². The third-order valence-electron chi connectivity index (χ3n) is 2.62. The quantitative estimate of drug-likeness (QED) is 0.720. The second-order valence-corrected chi connectivity index (χ2v) is 5.10. The van der Waals surface area contributed by atoms with Crippen molar-refractivity contribution in [2.24, 2.45) is 0 Å². The molecule has 0 radical (unpaired) electrons. The summed E-state index contributed by atoms with van der Waals surface area (Å²) in [4.78, 5) is 34.1. The Balaban J connectivity index is 2.20. The highest BCUT2D eigenvalue weighted by atomic mass is 79.9. The first-order valence-electron chi connectivity index (χ1n) is 6.40. The molecule has 0 aliphatic heterocycles. The van der Waals surface area contributed by atoms with Crippen LogP contribution in [0.15, 0.2) is 28.7 Å². The van der Waals surface area contributed by atoms with Crippen LogP contribution in [0.1, 0.15) is 23.2 Å². The number of nitrogens with one attached hydrogen (secondary N) is 2. The van der Waals surface area contributed by atoms with E-state index in [1.807, 2.05) is 0 Å². The number of halogens is 1. The average molecular weight is 357 g/mol. The summed E-state index contributed by atoms with van der Waals surface area (Å²) in [6, 6.07) is 6.93. The van der Waals surface area contributed by atoms with Crippen molar-refractivity contribution >= 4 is 33.7 Å². The van der Waals surface area contributed by atoms with Crippen molar-refractivity contribution in [3.8, 4) is 0 Å². The van der Waals surface area contributed by atoms with Gasteiger partial charge in [-0.25, -0.2) is 0 Å². The lowest BCUT2D eigenvalue weighted by molar-refractivity contribution is -0.140. The van der Waals surface area contributed by atoms with Gasteiger partial charge in [-0.05, 0) is 24.3 Å². The first-order valence-corrected chi connectivity index (χ1v) is 7.19. The van der Waals surface area contributed by atoms with Crippen LogP contribution in [-0.4, -0.2) is 38.0 Å². The summed E-state index contributed by atoms with van der Waals surface area (Å²) in [5.41, 5.74) is 0.532. The number of amides is 2. The van der Waals surface area contributed by atoms with Crippen LogP contribution >= 0.6 is 15.9 Å². The molecule has 6 nitrogen and oxygen atoms in total. The van der Waals surface area contributed by atoms with E-state index >= 15 is 0 Å². The lowest BCUT2D eigenvalue weighted by Crippen LogP contribution is -2.31. The first kappa shape index (κ1) is 17.2. The molecule has 0 saturated heterocycles. The molecular formula is C14H17BrN2O4. The third-order valence-corrected chi connectivity index (χ3v) is 3.15. The zero-order chi connectivity index (χ0) is 15.7. The van der Waals surface area contributed by atoms with Crippen LogP contribution in [0.2, 0.25) is 0 Å². The molecule has 1 aromatic rings. The smallest absolute Gasteiger partial charge is 0.307 e. The van der Waals surface area contributed by atoms with E-state index in [1.54, 1.807) is 24.3 Å². The molecule has 1 aromatic carbocycles. The maximum Gasteiger partial charge on any atom is 0.307 e. The molecule has 0 spiro atoms. The fraction of sp³-hybridized carbons (Fsp3) is 0.357. The highest BCUT2D eigenvalue weighted by Crippen LogP contribution is 2.10. The fourth-order valence-electron chi connectivity index (χ4n) is 1.49. The Morgan fingerprint density at radius 2 is 1.67 bits per heavy atom. The van der Waals surface area contributed by atoms with Gasteiger partial charge in [0.25, 0.3) is 5.91 Å². The summed E-state index contributed by atoms with van der Waals surface area (Å²) in [5, 5.41) is 5.22. The van der Waals surface area contributed by atoms with Crippen molar-refractivity contribution in [2.45, 2.75) is 12.8 Å². The minimum atomic E-state index is -0.376. The van der Waals surface area contributed by atoms with Gasteiger partial charge in [-0.1, -0.05) is 15.9 Å². The van der Waals surface area contributed by atoms with Crippen LogP contribution in [0.5, 0.6) is 0 Å². The predicted octanol–water partition coefficient (Wildman–Crippen LogP) is 1.25. The Labute approximate surface area is 131 Å². The lowest BCUT2D eigenvalue weighted by atomic mass is 10.2. The molecule has 0 aliphatic carbocycles. The Bertz CT molecular complexity index is 502. The molecule has 2 amide bonds. The molecule has 0 saturated carbocycles. The SMILES string of the molecule is COC(=O)CCNC(=O)CCNC(=O)c1ccc(Br)cc1. The van der Waals surface area contributed by atoms with Crippen molar-refractivity contribution in [3.63, 3.8) is 0 Å². The largest absolute Gasteiger partial charge is 0.469 e. The van der Waals surface area contributed by atoms with Gasteiger partial charge in [-0.3, -0.25) is 14.4 Å². The summed E-state index contributed by atoms with van der Waals surface area (Å²) in [6.45, 7) is 0.463. The molecule has 2 N–H and O–H groups in total. The van der Waals surface area contributed by atoms with Crippen molar-refractivity contribution in [1.82, 2.24) is 10.6 Å². The van der Waals surface area contributed by atoms with Gasteiger partial charge >= 0.3 is 5.97 Å². The summed E-state index contributed by atoms with van der Waals surface area (Å²) in [5.74, 6) is -0.835. The number of hydrogen-bond acceptors (Lipinski definition) is 4. The van der Waals surface area contributed by atoms with Crippen molar-refractivity contribution in [2.75, 3.05) is 20.2 Å². The van der Waals surface area contributed by atoms with Gasteiger partial charge < -0.3 is 15.4 Å². The molecular weight excluding hydrogens is 340 g/mol. The number of carbonyl (C=O) groups excluding carboxylic acids is 3. The Hall–Kier alpha value is -1.89. The van der Waals surface area contributed by atoms with E-state index in [-0.39, 0.29) is 43.7 Å². The highest BCUT2D eigenvalue weighted by molar-refractivity contribution is 9.10. The Morgan fingerprint density at radius 1 is 1.05 bits per heavy atom. The number of methoxy groups -OCH3 is 1. The number of esters is 1. The minimum Gasteiger partial charge on any atom is -0.469 e. The Kier molecular flexibility index (Phi) is 7.45. The van der Waals surface area contributed by atoms with Crippen LogP contribution in [0, 0.1) is 0 Å². The third kappa shape index (κ3) is 6.89. The Morgan fingerprint density at radius 3 is 2.29 bits per heavy atom. The van der Waals surface area contributed by atoms with E-state index in [2.05, 4.69) is 31.3 Å². The van der Waals surface area contributed by atoms with Crippen LogP contribution in [0.25, 0.3) is 0 Å². The van der Waals surface area contributed by atoms with Gasteiger partial charge in [0, 0.05) is 29.5 Å². The molecule has 0 unspecified atom stereocenters. The molecule has 0 fully saturated rings. The number of hydrogen-bond donors (Lipinski definition) is 2. The van der Waals surface area contributed by atoms with Crippen LogP contribution in [0.4, 0.5) is 0 Å². The second kappa shape index (κ2) is 9.12. The maximum absolute atomic E-state index is 11.8. The van der Waals surface area contributed by atoms with Crippen molar-refractivity contribution < 1.29 is 19.1 Å². The normalized spacial score (nSPS) is 9.81. The first-order chi connectivity index (χ1) is 10.0. The summed E-state index contributed by atoms with van der Waals surface area (Å²) in [6.07, 6.45) is 0.289. The number of ether oxygens (including phenoxy) is 1. The van der Waals surface area contributed by atoms with E-state index < -0.39 is 0 Å². The maximum atomic E-state index is 11.8. The average Bonchev–Trinajstić information content (AvgIpc) is 2.47. The van der Waals surface area contributed by atoms with Gasteiger partial charge in [0.15, 0.2) is 0 Å². The summed E-state index contributed by atoms with van der Waals surface area (Å²) < 4.78 is 5.34. The van der Waals surface area contributed by atoms with Crippen LogP contribution in [0.3, 0.4) is 0 Å². The molecule has 1 rings (SSSR count). The molecule has 114 valence electrons. The zero-order valence-corrected chi connectivity index (χ0v) is 13.2. The van der Waals surface area contributed by atoms with E-state index in [4.69, 9.17) is 0 Å². The van der Waals surface area contributed by atoms with Crippen LogP contribution < -0.4 is 10.6 Å².